The lowest BCUT2D eigenvalue weighted by Gasteiger charge is -2.34. The fourth-order valence-electron chi connectivity index (χ4n) is 2.76. The second kappa shape index (κ2) is 7.51. The molecule has 1 aromatic carbocycles. The lowest BCUT2D eigenvalue weighted by molar-refractivity contribution is -0.130. The van der Waals surface area contributed by atoms with E-state index in [1.807, 2.05) is 35.2 Å². The number of likely N-dealkylation sites (tertiary alicyclic amines) is 1. The van der Waals surface area contributed by atoms with Crippen LogP contribution in [0.2, 0.25) is 0 Å². The monoisotopic (exact) mass is 321 g/mol. The quantitative estimate of drug-likeness (QED) is 0.923. The van der Waals surface area contributed by atoms with Gasteiger partial charge in [-0.15, -0.1) is 11.8 Å². The Morgan fingerprint density at radius 2 is 1.86 bits per heavy atom. The topological polar surface area (TPSA) is 40.5 Å². The number of thioether (sulfide) groups is 1. The first-order valence-electron chi connectivity index (χ1n) is 8.01. The molecule has 2 rings (SSSR count). The molecule has 0 aliphatic carbocycles. The van der Waals surface area contributed by atoms with Crippen LogP contribution in [0, 0.1) is 5.92 Å². The number of carbonyl (C=O) groups is 1. The van der Waals surface area contributed by atoms with Crippen molar-refractivity contribution in [1.82, 2.24) is 4.90 Å². The van der Waals surface area contributed by atoms with Crippen molar-refractivity contribution in [3.8, 4) is 0 Å². The van der Waals surface area contributed by atoms with Crippen LogP contribution in [0.4, 0.5) is 0 Å². The second-order valence-corrected chi connectivity index (χ2v) is 8.78. The smallest absolute Gasteiger partial charge is 0.232 e. The third-order valence-corrected chi connectivity index (χ3v) is 5.37. The summed E-state index contributed by atoms with van der Waals surface area (Å²) in [5.41, 5.74) is 0.982. The van der Waals surface area contributed by atoms with Gasteiger partial charge in [0.15, 0.2) is 0 Å². The van der Waals surface area contributed by atoms with Crippen LogP contribution >= 0.6 is 11.8 Å². The van der Waals surface area contributed by atoms with Gasteiger partial charge >= 0.3 is 0 Å². The third kappa shape index (κ3) is 5.03. The lowest BCUT2D eigenvalue weighted by Crippen LogP contribution is -2.41. The summed E-state index contributed by atoms with van der Waals surface area (Å²) in [5, 5.41) is 10.5. The van der Waals surface area contributed by atoms with E-state index < -0.39 is 6.10 Å². The number of nitrogens with zero attached hydrogens (tertiary/aromatic N) is 1. The van der Waals surface area contributed by atoms with Gasteiger partial charge in [-0.25, -0.2) is 0 Å². The summed E-state index contributed by atoms with van der Waals surface area (Å²) in [7, 11) is 0. The van der Waals surface area contributed by atoms with E-state index in [0.717, 1.165) is 31.5 Å². The number of piperidine rings is 1. The first-order valence-corrected chi connectivity index (χ1v) is 9.00. The first-order chi connectivity index (χ1) is 10.4. The zero-order valence-electron chi connectivity index (χ0n) is 13.8. The van der Waals surface area contributed by atoms with Gasteiger partial charge in [0.05, 0.1) is 11.9 Å². The highest BCUT2D eigenvalue weighted by Crippen LogP contribution is 2.31. The fourth-order valence-corrected chi connectivity index (χ4v) is 3.50. The number of hydrogen-bond donors (Lipinski definition) is 1. The Bertz CT molecular complexity index is 476. The summed E-state index contributed by atoms with van der Waals surface area (Å²) < 4.78 is 0.123. The Hall–Kier alpha value is -1.00. The van der Waals surface area contributed by atoms with E-state index in [0.29, 0.717) is 5.75 Å². The van der Waals surface area contributed by atoms with Crippen LogP contribution in [0.15, 0.2) is 30.3 Å². The van der Waals surface area contributed by atoms with Gasteiger partial charge in [0.1, 0.15) is 0 Å². The van der Waals surface area contributed by atoms with Crippen LogP contribution in [-0.2, 0) is 4.79 Å². The van der Waals surface area contributed by atoms with Gasteiger partial charge in [0, 0.05) is 17.8 Å². The minimum Gasteiger partial charge on any atom is -0.388 e. The van der Waals surface area contributed by atoms with Gasteiger partial charge in [-0.1, -0.05) is 51.1 Å². The molecule has 122 valence electrons. The van der Waals surface area contributed by atoms with E-state index in [1.54, 1.807) is 11.8 Å². The van der Waals surface area contributed by atoms with Crippen LogP contribution in [0.25, 0.3) is 0 Å². The average Bonchev–Trinajstić information content (AvgIpc) is 2.52. The van der Waals surface area contributed by atoms with E-state index >= 15 is 0 Å². The van der Waals surface area contributed by atoms with E-state index in [1.165, 1.54) is 0 Å². The fraction of sp³-hybridized carbons (Fsp3) is 0.611. The van der Waals surface area contributed by atoms with E-state index in [2.05, 4.69) is 20.8 Å². The van der Waals surface area contributed by atoms with Crippen molar-refractivity contribution in [2.75, 3.05) is 18.8 Å². The molecule has 0 bridgehead atoms. The Morgan fingerprint density at radius 3 is 2.41 bits per heavy atom. The molecule has 1 aliphatic rings. The first kappa shape index (κ1) is 17.4. The van der Waals surface area contributed by atoms with Crippen molar-refractivity contribution in [2.45, 2.75) is 44.5 Å². The predicted octanol–water partition coefficient (Wildman–Crippen LogP) is 3.49. The van der Waals surface area contributed by atoms with Crippen LogP contribution in [0.1, 0.15) is 45.3 Å². The molecule has 1 aromatic rings. The molecule has 4 heteroatoms. The molecular weight excluding hydrogens is 294 g/mol. The standard InChI is InChI=1S/C18H27NO2S/c1-18(2,3)22-13-16(20)19-11-9-15(10-12-19)17(21)14-7-5-4-6-8-14/h4-8,15,17,21H,9-13H2,1-3H3. The van der Waals surface area contributed by atoms with Gasteiger partial charge in [0.2, 0.25) is 5.91 Å². The van der Waals surface area contributed by atoms with Crippen LogP contribution in [0.3, 0.4) is 0 Å². The number of amides is 1. The minimum absolute atomic E-state index is 0.123. The summed E-state index contributed by atoms with van der Waals surface area (Å²) in [6, 6.07) is 9.83. The molecule has 1 saturated heterocycles. The molecule has 1 fully saturated rings. The van der Waals surface area contributed by atoms with Crippen molar-refractivity contribution < 1.29 is 9.90 Å². The summed E-state index contributed by atoms with van der Waals surface area (Å²) in [5.74, 6) is 1.03. The Morgan fingerprint density at radius 1 is 1.27 bits per heavy atom. The Balaban J connectivity index is 1.81. The molecule has 0 saturated carbocycles. The van der Waals surface area contributed by atoms with Crippen LogP contribution < -0.4 is 0 Å². The second-order valence-electron chi connectivity index (χ2n) is 6.97. The number of rotatable bonds is 4. The number of benzene rings is 1. The largest absolute Gasteiger partial charge is 0.388 e. The Labute approximate surface area is 138 Å². The summed E-state index contributed by atoms with van der Waals surface area (Å²) in [6.45, 7) is 7.92. The van der Waals surface area contributed by atoms with Crippen LogP contribution in [0.5, 0.6) is 0 Å². The molecule has 0 aromatic heterocycles. The van der Waals surface area contributed by atoms with Gasteiger partial charge < -0.3 is 10.0 Å². The number of carbonyl (C=O) groups excluding carboxylic acids is 1. The van der Waals surface area contributed by atoms with E-state index in [4.69, 9.17) is 0 Å². The zero-order valence-corrected chi connectivity index (χ0v) is 14.6. The number of aliphatic hydroxyl groups is 1. The summed E-state index contributed by atoms with van der Waals surface area (Å²) >= 11 is 1.70. The molecule has 3 nitrogen and oxygen atoms in total. The molecule has 1 unspecified atom stereocenters. The average molecular weight is 321 g/mol. The van der Waals surface area contributed by atoms with Crippen LogP contribution in [-0.4, -0.2) is 39.5 Å². The summed E-state index contributed by atoms with van der Waals surface area (Å²) in [6.07, 6.45) is 1.34. The lowest BCUT2D eigenvalue weighted by atomic mass is 9.87. The van der Waals surface area contributed by atoms with Gasteiger partial charge in [-0.3, -0.25) is 4.79 Å². The molecule has 0 spiro atoms. The third-order valence-electron chi connectivity index (χ3n) is 4.11. The summed E-state index contributed by atoms with van der Waals surface area (Å²) in [4.78, 5) is 14.2. The maximum Gasteiger partial charge on any atom is 0.232 e. The normalized spacial score (nSPS) is 18.3. The molecule has 1 N–H and O–H groups in total. The molecule has 22 heavy (non-hydrogen) atoms. The van der Waals surface area contributed by atoms with Crippen molar-refractivity contribution in [3.63, 3.8) is 0 Å². The molecule has 1 atom stereocenters. The predicted molar refractivity (Wildman–Crippen MR) is 92.9 cm³/mol. The highest BCUT2D eigenvalue weighted by atomic mass is 32.2. The molecule has 1 heterocycles. The van der Waals surface area contributed by atoms with Gasteiger partial charge in [-0.05, 0) is 24.3 Å². The molecule has 1 aliphatic heterocycles. The molecule has 1 amide bonds. The highest BCUT2D eigenvalue weighted by molar-refractivity contribution is 8.01. The van der Waals surface area contributed by atoms with Crippen molar-refractivity contribution in [1.29, 1.82) is 0 Å². The minimum atomic E-state index is -0.414. The number of hydrogen-bond acceptors (Lipinski definition) is 3. The van der Waals surface area contributed by atoms with E-state index in [-0.39, 0.29) is 16.6 Å². The van der Waals surface area contributed by atoms with Crippen molar-refractivity contribution >= 4 is 17.7 Å². The van der Waals surface area contributed by atoms with E-state index in [9.17, 15) is 9.90 Å². The van der Waals surface area contributed by atoms with Crippen molar-refractivity contribution in [2.24, 2.45) is 5.92 Å². The molecule has 0 radical (unpaired) electrons. The molecular formula is C18H27NO2S. The Kier molecular flexibility index (Phi) is 5.93. The van der Waals surface area contributed by atoms with Crippen molar-refractivity contribution in [3.05, 3.63) is 35.9 Å². The maximum absolute atomic E-state index is 12.2. The highest BCUT2D eigenvalue weighted by Gasteiger charge is 2.28. The SMILES string of the molecule is CC(C)(C)SCC(=O)N1CCC(C(O)c2ccccc2)CC1. The maximum atomic E-state index is 12.2. The van der Waals surface area contributed by atoms with Gasteiger partial charge in [-0.2, -0.15) is 0 Å². The zero-order chi connectivity index (χ0) is 16.2. The van der Waals surface area contributed by atoms with Gasteiger partial charge in [0.25, 0.3) is 0 Å². The number of aliphatic hydroxyl groups excluding tert-OH is 1.